The summed E-state index contributed by atoms with van der Waals surface area (Å²) < 4.78 is 27.1. The minimum Gasteiger partial charge on any atom is -0.329 e. The van der Waals surface area contributed by atoms with Crippen molar-refractivity contribution in [3.05, 3.63) is 36.0 Å². The van der Waals surface area contributed by atoms with Crippen LogP contribution in [-0.2, 0) is 10.0 Å². The van der Waals surface area contributed by atoms with Crippen LogP contribution in [0.15, 0.2) is 35.4 Å². The smallest absolute Gasteiger partial charge is 0.243 e. The maximum Gasteiger partial charge on any atom is 0.243 e. The molecule has 5 nitrogen and oxygen atoms in total. The lowest BCUT2D eigenvalue weighted by Gasteiger charge is -2.13. The zero-order valence-electron chi connectivity index (χ0n) is 11.3. The lowest BCUT2D eigenvalue weighted by molar-refractivity contribution is 0.563. The summed E-state index contributed by atoms with van der Waals surface area (Å²) in [5.74, 6) is 0. The fourth-order valence-corrected chi connectivity index (χ4v) is 3.27. The molecule has 0 bridgehead atoms. The molecular formula is C13H18ClN3O2S. The average molecular weight is 316 g/mol. The average Bonchev–Trinajstić information content (AvgIpc) is 2.37. The number of aromatic nitrogens is 1. The van der Waals surface area contributed by atoms with Gasteiger partial charge in [0.25, 0.3) is 0 Å². The summed E-state index contributed by atoms with van der Waals surface area (Å²) in [6, 6.07) is 6.71. The first kappa shape index (κ1) is 16.8. The number of nitrogens with two attached hydrogens (primary N) is 1. The Morgan fingerprint density at radius 1 is 1.40 bits per heavy atom. The Bertz CT molecular complexity index is 704. The molecule has 0 aliphatic heterocycles. The van der Waals surface area contributed by atoms with E-state index in [0.717, 1.165) is 10.9 Å². The van der Waals surface area contributed by atoms with E-state index in [0.29, 0.717) is 5.52 Å². The maximum atomic E-state index is 12.3. The first-order valence-electron chi connectivity index (χ1n) is 6.02. The molecular weight excluding hydrogens is 298 g/mol. The number of halogens is 1. The molecule has 1 aromatic carbocycles. The molecule has 0 amide bonds. The highest BCUT2D eigenvalue weighted by molar-refractivity contribution is 7.89. The fourth-order valence-electron chi connectivity index (χ4n) is 1.84. The molecule has 1 heterocycles. The first-order valence-corrected chi connectivity index (χ1v) is 7.50. The van der Waals surface area contributed by atoms with Gasteiger partial charge in [0.15, 0.2) is 0 Å². The second-order valence-corrected chi connectivity index (χ2v) is 6.28. The van der Waals surface area contributed by atoms with Crippen LogP contribution in [0, 0.1) is 6.92 Å². The minimum atomic E-state index is -3.60. The Kier molecular flexibility index (Phi) is 5.47. The Labute approximate surface area is 125 Å². The van der Waals surface area contributed by atoms with Gasteiger partial charge in [-0.05, 0) is 31.5 Å². The number of nitrogens with one attached hydrogen (secondary N) is 1. The number of hydrogen-bond donors (Lipinski definition) is 2. The van der Waals surface area contributed by atoms with Crippen LogP contribution in [0.1, 0.15) is 12.5 Å². The number of hydrogen-bond acceptors (Lipinski definition) is 4. The summed E-state index contributed by atoms with van der Waals surface area (Å²) in [7, 11) is -3.60. The van der Waals surface area contributed by atoms with Gasteiger partial charge in [0.05, 0.1) is 5.52 Å². The monoisotopic (exact) mass is 315 g/mol. The molecule has 2 aromatic rings. The fraction of sp³-hybridized carbons (Fsp3) is 0.308. The van der Waals surface area contributed by atoms with Gasteiger partial charge in [0.2, 0.25) is 10.0 Å². The van der Waals surface area contributed by atoms with Gasteiger partial charge in [-0.3, -0.25) is 4.98 Å². The van der Waals surface area contributed by atoms with Crippen molar-refractivity contribution < 1.29 is 8.42 Å². The molecule has 0 spiro atoms. The highest BCUT2D eigenvalue weighted by Gasteiger charge is 2.19. The van der Waals surface area contributed by atoms with Crippen LogP contribution >= 0.6 is 12.4 Å². The van der Waals surface area contributed by atoms with Crippen molar-refractivity contribution in [1.29, 1.82) is 0 Å². The molecule has 20 heavy (non-hydrogen) atoms. The number of para-hydroxylation sites is 1. The van der Waals surface area contributed by atoms with Crippen molar-refractivity contribution in [2.24, 2.45) is 5.73 Å². The van der Waals surface area contributed by atoms with Gasteiger partial charge in [0.1, 0.15) is 4.90 Å². The quantitative estimate of drug-likeness (QED) is 0.897. The number of benzene rings is 1. The van der Waals surface area contributed by atoms with Gasteiger partial charge in [-0.25, -0.2) is 13.1 Å². The molecule has 1 aromatic heterocycles. The Hall–Kier alpha value is -1.21. The highest BCUT2D eigenvalue weighted by Crippen LogP contribution is 2.21. The topological polar surface area (TPSA) is 85.1 Å². The van der Waals surface area contributed by atoms with Crippen LogP contribution in [0.25, 0.3) is 10.9 Å². The standard InChI is InChI=1S/C13H17N3O2S.ClH/c1-9-6-11-4-3-5-12(13(11)15-8-9)19(17,18)16-10(2)7-14;/h3-6,8,10,16H,7,14H2,1-2H3;1H/t10-;/m1./s1. The van der Waals surface area contributed by atoms with Crippen LogP contribution in [-0.4, -0.2) is 26.0 Å². The van der Waals surface area contributed by atoms with E-state index in [1.54, 1.807) is 25.3 Å². The number of pyridine rings is 1. The largest absolute Gasteiger partial charge is 0.329 e. The SMILES string of the molecule is Cc1cnc2c(S(=O)(=O)N[C@H](C)CN)cccc2c1.Cl. The van der Waals surface area contributed by atoms with E-state index in [2.05, 4.69) is 9.71 Å². The van der Waals surface area contributed by atoms with E-state index in [1.807, 2.05) is 19.1 Å². The molecule has 0 aliphatic carbocycles. The second-order valence-electron chi connectivity index (χ2n) is 4.60. The van der Waals surface area contributed by atoms with Crippen molar-refractivity contribution in [2.45, 2.75) is 24.8 Å². The Morgan fingerprint density at radius 3 is 2.75 bits per heavy atom. The van der Waals surface area contributed by atoms with Crippen molar-refractivity contribution >= 4 is 33.3 Å². The zero-order chi connectivity index (χ0) is 14.0. The normalized spacial score (nSPS) is 12.9. The van der Waals surface area contributed by atoms with Gasteiger partial charge in [-0.1, -0.05) is 12.1 Å². The molecule has 0 unspecified atom stereocenters. The van der Waals surface area contributed by atoms with Crippen LogP contribution in [0.4, 0.5) is 0 Å². The minimum absolute atomic E-state index is 0. The van der Waals surface area contributed by atoms with Crippen molar-refractivity contribution in [3.8, 4) is 0 Å². The van der Waals surface area contributed by atoms with Gasteiger partial charge < -0.3 is 5.73 Å². The molecule has 2 rings (SSSR count). The third kappa shape index (κ3) is 3.46. The van der Waals surface area contributed by atoms with E-state index >= 15 is 0 Å². The lowest BCUT2D eigenvalue weighted by atomic mass is 10.2. The first-order chi connectivity index (χ1) is 8.94. The molecule has 3 N–H and O–H groups in total. The van der Waals surface area contributed by atoms with Crippen LogP contribution < -0.4 is 10.5 Å². The maximum absolute atomic E-state index is 12.3. The Balaban J connectivity index is 0.00000200. The van der Waals surface area contributed by atoms with E-state index < -0.39 is 10.0 Å². The van der Waals surface area contributed by atoms with Crippen molar-refractivity contribution in [2.75, 3.05) is 6.54 Å². The van der Waals surface area contributed by atoms with E-state index in [9.17, 15) is 8.42 Å². The molecule has 0 aliphatic rings. The summed E-state index contributed by atoms with van der Waals surface area (Å²) in [5, 5.41) is 0.809. The van der Waals surface area contributed by atoms with Crippen LogP contribution in [0.5, 0.6) is 0 Å². The van der Waals surface area contributed by atoms with Gasteiger partial charge in [-0.15, -0.1) is 12.4 Å². The summed E-state index contributed by atoms with van der Waals surface area (Å²) >= 11 is 0. The van der Waals surface area contributed by atoms with Crippen molar-refractivity contribution in [1.82, 2.24) is 9.71 Å². The zero-order valence-corrected chi connectivity index (χ0v) is 13.0. The number of aryl methyl sites for hydroxylation is 1. The Morgan fingerprint density at radius 2 is 2.10 bits per heavy atom. The van der Waals surface area contributed by atoms with Crippen molar-refractivity contribution in [3.63, 3.8) is 0 Å². The predicted molar refractivity (Wildman–Crippen MR) is 82.6 cm³/mol. The molecule has 0 saturated carbocycles. The summed E-state index contributed by atoms with van der Waals surface area (Å²) in [6.07, 6.45) is 1.66. The lowest BCUT2D eigenvalue weighted by Crippen LogP contribution is -2.37. The third-order valence-electron chi connectivity index (χ3n) is 2.81. The molecule has 0 radical (unpaired) electrons. The van der Waals surface area contributed by atoms with E-state index in [1.165, 1.54) is 0 Å². The predicted octanol–water partition coefficient (Wildman–Crippen LogP) is 1.59. The molecule has 0 fully saturated rings. The molecule has 0 saturated heterocycles. The van der Waals surface area contributed by atoms with E-state index in [-0.39, 0.29) is 29.9 Å². The molecule has 1 atom stereocenters. The molecule has 7 heteroatoms. The van der Waals surface area contributed by atoms with Crippen LogP contribution in [0.2, 0.25) is 0 Å². The van der Waals surface area contributed by atoms with Gasteiger partial charge >= 0.3 is 0 Å². The highest BCUT2D eigenvalue weighted by atomic mass is 35.5. The van der Waals surface area contributed by atoms with E-state index in [4.69, 9.17) is 5.73 Å². The number of sulfonamides is 1. The van der Waals surface area contributed by atoms with Gasteiger partial charge in [0, 0.05) is 24.2 Å². The summed E-state index contributed by atoms with van der Waals surface area (Å²) in [6.45, 7) is 3.89. The summed E-state index contributed by atoms with van der Waals surface area (Å²) in [4.78, 5) is 4.42. The van der Waals surface area contributed by atoms with Crippen LogP contribution in [0.3, 0.4) is 0 Å². The van der Waals surface area contributed by atoms with Gasteiger partial charge in [-0.2, -0.15) is 0 Å². The third-order valence-corrected chi connectivity index (χ3v) is 4.43. The number of fused-ring (bicyclic) bond motifs is 1. The second kappa shape index (κ2) is 6.49. The number of rotatable bonds is 4. The molecule has 110 valence electrons. The summed E-state index contributed by atoms with van der Waals surface area (Å²) in [5.41, 5.74) is 6.91. The number of nitrogens with zero attached hydrogens (tertiary/aromatic N) is 1.